The highest BCUT2D eigenvalue weighted by molar-refractivity contribution is 7.99. The number of rotatable bonds is 10. The molecule has 0 radical (unpaired) electrons. The summed E-state index contributed by atoms with van der Waals surface area (Å²) >= 11 is 1.28. The van der Waals surface area contributed by atoms with Gasteiger partial charge in [-0.25, -0.2) is 0 Å². The minimum Gasteiger partial charge on any atom is -0.497 e. The number of hydrogen-bond donors (Lipinski definition) is 2. The first-order valence-corrected chi connectivity index (χ1v) is 11.4. The summed E-state index contributed by atoms with van der Waals surface area (Å²) in [6.07, 6.45) is 1.72. The van der Waals surface area contributed by atoms with Crippen molar-refractivity contribution in [2.24, 2.45) is 0 Å². The third-order valence-corrected chi connectivity index (χ3v) is 5.91. The highest BCUT2D eigenvalue weighted by atomic mass is 32.2. The van der Waals surface area contributed by atoms with Crippen LogP contribution in [0.2, 0.25) is 0 Å². The molecule has 0 spiro atoms. The molecule has 0 aliphatic heterocycles. The molecule has 9 heteroatoms. The van der Waals surface area contributed by atoms with Crippen LogP contribution in [-0.2, 0) is 17.9 Å². The lowest BCUT2D eigenvalue weighted by Gasteiger charge is -2.12. The minimum absolute atomic E-state index is 0.125. The third-order valence-electron chi connectivity index (χ3n) is 4.94. The smallest absolute Gasteiger partial charge is 0.251 e. The molecule has 8 nitrogen and oxygen atoms in total. The van der Waals surface area contributed by atoms with Gasteiger partial charge < -0.3 is 19.9 Å². The summed E-state index contributed by atoms with van der Waals surface area (Å²) in [7, 11) is 1.57. The Morgan fingerprint density at radius 1 is 1.12 bits per heavy atom. The molecule has 172 valence electrons. The summed E-state index contributed by atoms with van der Waals surface area (Å²) in [5.41, 5.74) is 3.37. The first-order valence-electron chi connectivity index (χ1n) is 10.4. The quantitative estimate of drug-likeness (QED) is 0.350. The van der Waals surface area contributed by atoms with Gasteiger partial charge in [-0.3, -0.25) is 9.59 Å². The molecule has 0 fully saturated rings. The molecule has 1 heterocycles. The fourth-order valence-corrected chi connectivity index (χ4v) is 3.96. The van der Waals surface area contributed by atoms with Crippen LogP contribution in [0.3, 0.4) is 0 Å². The van der Waals surface area contributed by atoms with Gasteiger partial charge in [0.25, 0.3) is 5.91 Å². The van der Waals surface area contributed by atoms with E-state index in [4.69, 9.17) is 4.74 Å². The topological polar surface area (TPSA) is 98.1 Å². The number of nitrogens with zero attached hydrogens (tertiary/aromatic N) is 3. The Morgan fingerprint density at radius 2 is 1.82 bits per heavy atom. The lowest BCUT2D eigenvalue weighted by atomic mass is 10.1. The zero-order chi connectivity index (χ0) is 23.8. The number of ether oxygens (including phenoxy) is 1. The number of hydrogen-bond acceptors (Lipinski definition) is 6. The molecule has 0 atom stereocenters. The standard InChI is InChI=1S/C24H27N5O3S/c1-5-13-29-20(14-25-23(31)18-9-11-19(32-4)12-10-18)27-28-24(29)33-15-21(30)26-22-16(2)7-6-8-17(22)3/h5-12H,1,13-15H2,2-4H3,(H,25,31)(H,26,30). The molecule has 0 bridgehead atoms. The van der Waals surface area contributed by atoms with Crippen LogP contribution < -0.4 is 15.4 Å². The van der Waals surface area contributed by atoms with E-state index < -0.39 is 0 Å². The van der Waals surface area contributed by atoms with E-state index in [0.717, 1.165) is 16.8 Å². The summed E-state index contributed by atoms with van der Waals surface area (Å²) in [5, 5.41) is 14.8. The van der Waals surface area contributed by atoms with E-state index in [0.29, 0.717) is 28.8 Å². The van der Waals surface area contributed by atoms with Gasteiger partial charge in [-0.2, -0.15) is 0 Å². The van der Waals surface area contributed by atoms with E-state index in [1.165, 1.54) is 11.8 Å². The van der Waals surface area contributed by atoms with Gasteiger partial charge in [-0.15, -0.1) is 16.8 Å². The number of allylic oxidation sites excluding steroid dienone is 1. The van der Waals surface area contributed by atoms with Crippen molar-refractivity contribution in [1.82, 2.24) is 20.1 Å². The maximum atomic E-state index is 12.5. The van der Waals surface area contributed by atoms with Crippen molar-refractivity contribution >= 4 is 29.3 Å². The van der Waals surface area contributed by atoms with Crippen LogP contribution in [-0.4, -0.2) is 39.4 Å². The number of amides is 2. The van der Waals surface area contributed by atoms with Crippen molar-refractivity contribution in [2.45, 2.75) is 32.1 Å². The molecule has 2 amide bonds. The molecule has 3 aromatic rings. The van der Waals surface area contributed by atoms with Crippen molar-refractivity contribution in [3.05, 3.63) is 77.6 Å². The van der Waals surface area contributed by atoms with Crippen molar-refractivity contribution in [2.75, 3.05) is 18.2 Å². The summed E-state index contributed by atoms with van der Waals surface area (Å²) in [5.74, 6) is 1.09. The molecule has 1 aromatic heterocycles. The molecule has 2 N–H and O–H groups in total. The van der Waals surface area contributed by atoms with Crippen molar-refractivity contribution in [3.8, 4) is 5.75 Å². The maximum absolute atomic E-state index is 12.5. The summed E-state index contributed by atoms with van der Waals surface area (Å²) < 4.78 is 6.95. The molecule has 3 rings (SSSR count). The predicted molar refractivity (Wildman–Crippen MR) is 130 cm³/mol. The Morgan fingerprint density at radius 3 is 2.45 bits per heavy atom. The fourth-order valence-electron chi connectivity index (χ4n) is 3.19. The number of methoxy groups -OCH3 is 1. The molecular formula is C24H27N5O3S. The zero-order valence-corrected chi connectivity index (χ0v) is 19.7. The molecule has 33 heavy (non-hydrogen) atoms. The van der Waals surface area contributed by atoms with E-state index in [-0.39, 0.29) is 24.1 Å². The minimum atomic E-state index is -0.229. The third kappa shape index (κ3) is 6.23. The summed E-state index contributed by atoms with van der Waals surface area (Å²) in [6, 6.07) is 12.7. The summed E-state index contributed by atoms with van der Waals surface area (Å²) in [6.45, 7) is 8.36. The number of benzene rings is 2. The van der Waals surface area contributed by atoms with E-state index in [2.05, 4.69) is 27.4 Å². The molecular weight excluding hydrogens is 438 g/mol. The average Bonchev–Trinajstić information content (AvgIpc) is 3.20. The Labute approximate surface area is 197 Å². The highest BCUT2D eigenvalue weighted by Gasteiger charge is 2.15. The Kier molecular flexibility index (Phi) is 8.26. The number of aryl methyl sites for hydroxylation is 2. The number of carbonyl (C=O) groups is 2. The largest absolute Gasteiger partial charge is 0.497 e. The number of anilines is 1. The average molecular weight is 466 g/mol. The van der Waals surface area contributed by atoms with Gasteiger partial charge in [0, 0.05) is 17.8 Å². The summed E-state index contributed by atoms with van der Waals surface area (Å²) in [4.78, 5) is 25.0. The van der Waals surface area contributed by atoms with Crippen LogP contribution in [0, 0.1) is 13.8 Å². The van der Waals surface area contributed by atoms with Crippen molar-refractivity contribution < 1.29 is 14.3 Å². The van der Waals surface area contributed by atoms with Gasteiger partial charge in [0.05, 0.1) is 19.4 Å². The van der Waals surface area contributed by atoms with Crippen LogP contribution in [0.1, 0.15) is 27.3 Å². The normalized spacial score (nSPS) is 10.5. The van der Waals surface area contributed by atoms with Gasteiger partial charge in [-0.1, -0.05) is 36.0 Å². The predicted octanol–water partition coefficient (Wildman–Crippen LogP) is 3.75. The van der Waals surface area contributed by atoms with E-state index in [1.807, 2.05) is 36.6 Å². The van der Waals surface area contributed by atoms with Gasteiger partial charge in [-0.05, 0) is 49.2 Å². The van der Waals surface area contributed by atoms with E-state index in [1.54, 1.807) is 37.5 Å². The number of carbonyl (C=O) groups excluding carboxylic acids is 2. The second-order valence-electron chi connectivity index (χ2n) is 7.31. The molecule has 0 saturated heterocycles. The van der Waals surface area contributed by atoms with E-state index >= 15 is 0 Å². The molecule has 0 unspecified atom stereocenters. The maximum Gasteiger partial charge on any atom is 0.251 e. The van der Waals surface area contributed by atoms with Crippen LogP contribution in [0.5, 0.6) is 5.75 Å². The number of nitrogens with one attached hydrogen (secondary N) is 2. The zero-order valence-electron chi connectivity index (χ0n) is 18.9. The van der Waals surface area contributed by atoms with Gasteiger partial charge in [0.15, 0.2) is 11.0 Å². The van der Waals surface area contributed by atoms with Crippen LogP contribution in [0.25, 0.3) is 0 Å². The molecule has 0 aliphatic carbocycles. The highest BCUT2D eigenvalue weighted by Crippen LogP contribution is 2.22. The number of thioether (sulfide) groups is 1. The van der Waals surface area contributed by atoms with E-state index in [9.17, 15) is 9.59 Å². The SMILES string of the molecule is C=CCn1c(CNC(=O)c2ccc(OC)cc2)nnc1SCC(=O)Nc1c(C)cccc1C. The lowest BCUT2D eigenvalue weighted by Crippen LogP contribution is -2.24. The first-order chi connectivity index (χ1) is 15.9. The van der Waals surface area contributed by atoms with Crippen molar-refractivity contribution in [1.29, 1.82) is 0 Å². The number of aromatic nitrogens is 3. The van der Waals surface area contributed by atoms with Crippen molar-refractivity contribution in [3.63, 3.8) is 0 Å². The lowest BCUT2D eigenvalue weighted by molar-refractivity contribution is -0.113. The Balaban J connectivity index is 1.62. The van der Waals surface area contributed by atoms with Gasteiger partial charge in [0.2, 0.25) is 5.91 Å². The number of para-hydroxylation sites is 1. The van der Waals surface area contributed by atoms with Crippen LogP contribution >= 0.6 is 11.8 Å². The van der Waals surface area contributed by atoms with Crippen LogP contribution in [0.15, 0.2) is 60.3 Å². The molecule has 0 saturated carbocycles. The Bertz CT molecular complexity index is 1120. The van der Waals surface area contributed by atoms with Gasteiger partial charge in [0.1, 0.15) is 5.75 Å². The molecule has 0 aliphatic rings. The second kappa shape index (κ2) is 11.3. The molecule has 2 aromatic carbocycles. The fraction of sp³-hybridized carbons (Fsp3) is 0.250. The first kappa shape index (κ1) is 24.1. The monoisotopic (exact) mass is 465 g/mol. The Hall–Kier alpha value is -3.59. The van der Waals surface area contributed by atoms with Crippen LogP contribution in [0.4, 0.5) is 5.69 Å². The van der Waals surface area contributed by atoms with Gasteiger partial charge >= 0.3 is 0 Å². The second-order valence-corrected chi connectivity index (χ2v) is 8.26.